The van der Waals surface area contributed by atoms with Gasteiger partial charge in [0.05, 0.1) is 39.6 Å². The Labute approximate surface area is 448 Å². The van der Waals surface area contributed by atoms with E-state index >= 15 is 0 Å². The van der Waals surface area contributed by atoms with Crippen LogP contribution in [0.25, 0.3) is 0 Å². The SMILES string of the molecule is CC(=O)N[C@@H]1[C@@H](O[C@@H]2O[C@H](CO)[C@H](O[C@H]3O[C@H](CO)[C@@H](O)[C@H](O)[C@H]3NC(C)=O)[C@H](O)[C@H]2O)[C@@H](O)[C@@H](CO[C@@H]2O[C@H](CO)[C@@H](O[C@@H]3O[C@H](CO)[C@H](O[C@H]4O[C@H](CO)[C@@H](O)[C@H](O)[C@H]4NC(C)=O)[C@H](O)[C@H]3O)[C@H](O)[C@H]2NC(C)=O)O[C@H]1O. The van der Waals surface area contributed by atoms with Crippen molar-refractivity contribution >= 4 is 23.6 Å². The van der Waals surface area contributed by atoms with Crippen molar-refractivity contribution in [2.24, 2.45) is 0 Å². The van der Waals surface area contributed by atoms with Gasteiger partial charge >= 0.3 is 0 Å². The van der Waals surface area contributed by atoms with Crippen LogP contribution in [-0.4, -0.2) is 329 Å². The van der Waals surface area contributed by atoms with E-state index in [1.807, 2.05) is 0 Å². The number of amides is 4. The fourth-order valence-corrected chi connectivity index (χ4v) is 10.0. The van der Waals surface area contributed by atoms with Gasteiger partial charge in [-0.05, 0) is 0 Å². The number of rotatable bonds is 20. The first-order valence-electron chi connectivity index (χ1n) is 25.1. The number of hydrogen-bond acceptors (Lipinski definition) is 31. The van der Waals surface area contributed by atoms with Crippen LogP contribution >= 0.6 is 0 Å². The van der Waals surface area contributed by atoms with Crippen molar-refractivity contribution in [3.63, 3.8) is 0 Å². The molecule has 6 aliphatic heterocycles. The maximum Gasteiger partial charge on any atom is 0.217 e. The summed E-state index contributed by atoms with van der Waals surface area (Å²) in [7, 11) is 0. The highest BCUT2D eigenvalue weighted by molar-refractivity contribution is 5.74. The molecule has 4 amide bonds. The van der Waals surface area contributed by atoms with Crippen molar-refractivity contribution in [3.05, 3.63) is 0 Å². The first-order valence-corrected chi connectivity index (χ1v) is 25.1. The standard InChI is InChI=1S/C44H74N4O31/c1-11(54)45-21-28(61)25(58)15(5-49)71-41(21)76-36-18(8-52)74-43(33(66)31(36)64)78-35-17(7-51)73-40(23(30(35)63)47-13(3)56)69-10-20-27(60)38(24(39(68)70-20)48-14(4)57)79-44-34(67)32(65)37(19(9-53)75-44)77-42-22(46-12(2)55)29(62)26(59)16(6-50)72-42/h15-44,49-53,58-68H,5-10H2,1-4H3,(H,45,54)(H,46,55)(H,47,56)(H,48,57)/t15-,16-,17-,18-,19-,20-,21-,22-,23-,24-,25-,26-,27+,28-,29-,30-,31-,32-,33-,34-,35-,36+,37+,38-,39-,40-,41-,42-,43+,44+/m1/s1. The van der Waals surface area contributed by atoms with Crippen LogP contribution in [0.3, 0.4) is 0 Å². The largest absolute Gasteiger partial charge is 0.394 e. The molecule has 0 saturated carbocycles. The van der Waals surface area contributed by atoms with E-state index < -0.39 is 247 Å². The molecule has 0 aliphatic carbocycles. The van der Waals surface area contributed by atoms with Gasteiger partial charge in [-0.1, -0.05) is 0 Å². The number of carbonyl (C=O) groups is 4. The van der Waals surface area contributed by atoms with E-state index in [4.69, 9.17) is 52.1 Å². The Morgan fingerprint density at radius 2 is 0.646 bits per heavy atom. The highest BCUT2D eigenvalue weighted by atomic mass is 16.8. The Morgan fingerprint density at radius 1 is 0.329 bits per heavy atom. The number of nitrogens with one attached hydrogen (secondary N) is 4. The lowest BCUT2D eigenvalue weighted by molar-refractivity contribution is -0.372. The zero-order valence-corrected chi connectivity index (χ0v) is 42.8. The van der Waals surface area contributed by atoms with Gasteiger partial charge in [0, 0.05) is 27.7 Å². The Hall–Kier alpha value is -3.20. The smallest absolute Gasteiger partial charge is 0.217 e. The summed E-state index contributed by atoms with van der Waals surface area (Å²) in [5.74, 6) is -3.05. The minimum atomic E-state index is -2.17. The number of carbonyl (C=O) groups excluding carboxylic acids is 4. The van der Waals surface area contributed by atoms with E-state index in [0.717, 1.165) is 27.7 Å². The fourth-order valence-electron chi connectivity index (χ4n) is 10.0. The van der Waals surface area contributed by atoms with Crippen LogP contribution in [0, 0.1) is 0 Å². The third-order valence-electron chi connectivity index (χ3n) is 14.0. The maximum atomic E-state index is 12.6. The Balaban J connectivity index is 1.15. The lowest BCUT2D eigenvalue weighted by atomic mass is 9.94. The molecule has 6 rings (SSSR count). The lowest BCUT2D eigenvalue weighted by Gasteiger charge is -2.49. The number of ether oxygens (including phenoxy) is 11. The van der Waals surface area contributed by atoms with Gasteiger partial charge in [-0.15, -0.1) is 0 Å². The van der Waals surface area contributed by atoms with Crippen LogP contribution in [0.2, 0.25) is 0 Å². The Kier molecular flexibility index (Phi) is 23.3. The average Bonchev–Trinajstić information content (AvgIpc) is 3.49. The quantitative estimate of drug-likeness (QED) is 0.0538. The van der Waals surface area contributed by atoms with Gasteiger partial charge < -0.3 is 155 Å². The summed E-state index contributed by atoms with van der Waals surface area (Å²) >= 11 is 0. The molecule has 6 fully saturated rings. The van der Waals surface area contributed by atoms with Crippen molar-refractivity contribution < 1.29 is 153 Å². The fraction of sp³-hybridized carbons (Fsp3) is 0.909. The molecule has 30 atom stereocenters. The summed E-state index contributed by atoms with van der Waals surface area (Å²) in [5, 5.41) is 182. The summed E-state index contributed by atoms with van der Waals surface area (Å²) in [4.78, 5) is 48.9. The van der Waals surface area contributed by atoms with Gasteiger partial charge in [-0.3, -0.25) is 19.2 Å². The van der Waals surface area contributed by atoms with Crippen molar-refractivity contribution in [2.45, 2.75) is 212 Å². The van der Waals surface area contributed by atoms with Crippen LogP contribution in [0.5, 0.6) is 0 Å². The molecule has 0 unspecified atom stereocenters. The molecule has 6 heterocycles. The molecule has 0 aromatic rings. The molecule has 0 aromatic heterocycles. The first kappa shape index (κ1) is 65.0. The highest BCUT2D eigenvalue weighted by Gasteiger charge is 2.57. The first-order chi connectivity index (χ1) is 37.3. The summed E-state index contributed by atoms with van der Waals surface area (Å²) in [5.41, 5.74) is 0. The molecule has 6 aliphatic rings. The predicted octanol–water partition coefficient (Wildman–Crippen LogP) is -13.5. The highest BCUT2D eigenvalue weighted by Crippen LogP contribution is 2.36. The van der Waals surface area contributed by atoms with E-state index in [0.29, 0.717) is 0 Å². The summed E-state index contributed by atoms with van der Waals surface area (Å²) in [6.07, 6.45) is -47.6. The van der Waals surface area contributed by atoms with E-state index in [9.17, 15) is 101 Å². The second kappa shape index (κ2) is 28.4. The molecule has 0 aromatic carbocycles. The third-order valence-corrected chi connectivity index (χ3v) is 14.0. The number of aliphatic hydroxyl groups excluding tert-OH is 16. The molecular weight excluding hydrogens is 1080 g/mol. The van der Waals surface area contributed by atoms with E-state index in [1.165, 1.54) is 0 Å². The van der Waals surface area contributed by atoms with Crippen molar-refractivity contribution in [1.82, 2.24) is 21.3 Å². The molecule has 20 N–H and O–H groups in total. The minimum Gasteiger partial charge on any atom is -0.394 e. The van der Waals surface area contributed by atoms with Gasteiger partial charge in [0.1, 0.15) is 146 Å². The topological polar surface area (TPSA) is 542 Å². The summed E-state index contributed by atoms with van der Waals surface area (Å²) < 4.78 is 63.3. The average molecular weight is 1160 g/mol. The van der Waals surface area contributed by atoms with E-state index in [1.54, 1.807) is 0 Å². The van der Waals surface area contributed by atoms with Crippen LogP contribution in [0.4, 0.5) is 0 Å². The van der Waals surface area contributed by atoms with Gasteiger partial charge in [-0.25, -0.2) is 0 Å². The molecule has 79 heavy (non-hydrogen) atoms. The van der Waals surface area contributed by atoms with Crippen molar-refractivity contribution in [3.8, 4) is 0 Å². The van der Waals surface area contributed by atoms with Crippen LogP contribution in [0.1, 0.15) is 27.7 Å². The van der Waals surface area contributed by atoms with E-state index in [2.05, 4.69) is 21.3 Å². The monoisotopic (exact) mass is 1150 g/mol. The second-order valence-corrected chi connectivity index (χ2v) is 19.7. The second-order valence-electron chi connectivity index (χ2n) is 19.7. The van der Waals surface area contributed by atoms with Crippen molar-refractivity contribution in [2.75, 3.05) is 39.6 Å². The zero-order valence-electron chi connectivity index (χ0n) is 42.8. The zero-order chi connectivity index (χ0) is 58.5. The van der Waals surface area contributed by atoms with Gasteiger partial charge in [0.15, 0.2) is 37.7 Å². The molecule has 0 bridgehead atoms. The molecular formula is C44H74N4O31. The minimum absolute atomic E-state index is 0.718. The number of aliphatic hydroxyl groups is 16. The Bertz CT molecular complexity index is 1990. The van der Waals surface area contributed by atoms with Gasteiger partial charge in [0.2, 0.25) is 23.6 Å². The third kappa shape index (κ3) is 14.8. The van der Waals surface area contributed by atoms with Crippen LogP contribution < -0.4 is 21.3 Å². The molecule has 456 valence electrons. The van der Waals surface area contributed by atoms with E-state index in [-0.39, 0.29) is 0 Å². The normalized spacial score (nSPS) is 46.7. The molecule has 0 radical (unpaired) electrons. The summed E-state index contributed by atoms with van der Waals surface area (Å²) in [6.45, 7) is -1.30. The Morgan fingerprint density at radius 3 is 1.03 bits per heavy atom. The lowest BCUT2D eigenvalue weighted by Crippen LogP contribution is -2.70. The number of hydrogen-bond donors (Lipinski definition) is 20. The maximum absolute atomic E-state index is 12.6. The molecule has 0 spiro atoms. The van der Waals surface area contributed by atoms with Crippen LogP contribution in [0.15, 0.2) is 0 Å². The van der Waals surface area contributed by atoms with Gasteiger partial charge in [0.25, 0.3) is 0 Å². The molecule has 6 saturated heterocycles. The summed E-state index contributed by atoms with van der Waals surface area (Å²) in [6, 6.07) is -6.41. The van der Waals surface area contributed by atoms with Gasteiger partial charge in [-0.2, -0.15) is 0 Å². The predicted molar refractivity (Wildman–Crippen MR) is 246 cm³/mol. The molecule has 35 nitrogen and oxygen atoms in total. The van der Waals surface area contributed by atoms with Crippen molar-refractivity contribution in [1.29, 1.82) is 0 Å². The van der Waals surface area contributed by atoms with Crippen LogP contribution in [-0.2, 0) is 71.3 Å². The molecule has 35 heteroatoms.